The predicted octanol–water partition coefficient (Wildman–Crippen LogP) is 15.0. The van der Waals surface area contributed by atoms with Crippen LogP contribution in [0.25, 0.3) is 11.1 Å². The molecule has 1 aliphatic carbocycles. The fraction of sp³-hybridized carbons (Fsp3) is 0.592. The van der Waals surface area contributed by atoms with Crippen LogP contribution in [0, 0.1) is 11.8 Å². The lowest BCUT2D eigenvalue weighted by molar-refractivity contribution is 0.0168. The molecule has 3 aromatic rings. The molecular formula is C49H69FO4S. The Bertz CT molecular complexity index is 1500. The highest BCUT2D eigenvalue weighted by atomic mass is 32.1. The molecule has 0 aromatic heterocycles. The first-order valence-electron chi connectivity index (χ1n) is 21.7. The van der Waals surface area contributed by atoms with Crippen molar-refractivity contribution in [3.63, 3.8) is 0 Å². The Morgan fingerprint density at radius 3 is 1.75 bits per heavy atom. The van der Waals surface area contributed by atoms with Crippen LogP contribution < -0.4 is 9.47 Å². The van der Waals surface area contributed by atoms with Gasteiger partial charge in [0.15, 0.2) is 0 Å². The summed E-state index contributed by atoms with van der Waals surface area (Å²) in [7, 11) is 0. The number of ether oxygens (including phenoxy) is 3. The van der Waals surface area contributed by atoms with Gasteiger partial charge in [0.05, 0.1) is 6.10 Å². The standard InChI is InChI=1S/C49H69FO4S/c1-5-37(3)17-15-13-11-9-7-8-10-12-14-16-34-52-44-28-18-39(19-29-44)35-47(55)36-40-20-30-45(31-21-40)53-49(51)54-46-32-26-43(27-33-46)42-24-22-41(23-25-42)38(4)48(50)6-2/h20-27,30-33,37-39,44,48H,5-19,28-29,34-36H2,1-4H3. The average Bonchev–Trinajstić information content (AvgIpc) is 3.20. The number of thiocarbonyl (C=S) groups is 1. The highest BCUT2D eigenvalue weighted by Gasteiger charge is 2.23. The van der Waals surface area contributed by atoms with E-state index in [0.717, 1.165) is 65.3 Å². The predicted molar refractivity (Wildman–Crippen MR) is 231 cm³/mol. The van der Waals surface area contributed by atoms with Crippen molar-refractivity contribution in [3.05, 3.63) is 83.9 Å². The summed E-state index contributed by atoms with van der Waals surface area (Å²) in [5.41, 5.74) is 4.09. The molecule has 1 saturated carbocycles. The fourth-order valence-corrected chi connectivity index (χ4v) is 8.14. The van der Waals surface area contributed by atoms with E-state index in [1.807, 2.05) is 62.4 Å². The van der Waals surface area contributed by atoms with Crippen molar-refractivity contribution in [1.82, 2.24) is 0 Å². The largest absolute Gasteiger partial charge is 0.519 e. The Hall–Kier alpha value is -3.09. The van der Waals surface area contributed by atoms with Gasteiger partial charge in [-0.25, -0.2) is 9.18 Å². The molecule has 0 spiro atoms. The maximum Gasteiger partial charge on any atom is 0.519 e. The monoisotopic (exact) mass is 772 g/mol. The van der Waals surface area contributed by atoms with Gasteiger partial charge in [-0.3, -0.25) is 0 Å². The highest BCUT2D eigenvalue weighted by molar-refractivity contribution is 7.80. The number of hydrogen-bond acceptors (Lipinski definition) is 5. The molecule has 0 bridgehead atoms. The van der Waals surface area contributed by atoms with Crippen molar-refractivity contribution in [2.45, 2.75) is 168 Å². The van der Waals surface area contributed by atoms with Crippen molar-refractivity contribution < 1.29 is 23.4 Å². The minimum absolute atomic E-state index is 0.136. The van der Waals surface area contributed by atoms with Crippen LogP contribution >= 0.6 is 12.2 Å². The molecule has 3 atom stereocenters. The summed E-state index contributed by atoms with van der Waals surface area (Å²) in [5, 5.41) is 0. The van der Waals surface area contributed by atoms with Crippen molar-refractivity contribution in [2.24, 2.45) is 11.8 Å². The number of hydrogen-bond donors (Lipinski definition) is 0. The lowest BCUT2D eigenvalue weighted by atomic mass is 9.84. The van der Waals surface area contributed by atoms with Crippen molar-refractivity contribution in [2.75, 3.05) is 6.61 Å². The number of benzene rings is 3. The van der Waals surface area contributed by atoms with Gasteiger partial charge in [-0.2, -0.15) is 0 Å². The van der Waals surface area contributed by atoms with Crippen molar-refractivity contribution >= 4 is 23.2 Å². The molecule has 4 rings (SSSR count). The number of alkyl halides is 1. The van der Waals surface area contributed by atoms with Crippen LogP contribution in [-0.2, 0) is 11.2 Å². The summed E-state index contributed by atoms with van der Waals surface area (Å²) < 4.78 is 31.2. The zero-order chi connectivity index (χ0) is 39.3. The van der Waals surface area contributed by atoms with E-state index < -0.39 is 12.3 Å². The third-order valence-corrected chi connectivity index (χ3v) is 12.0. The summed E-state index contributed by atoms with van der Waals surface area (Å²) in [5.74, 6) is 2.24. The first-order chi connectivity index (χ1) is 26.7. The third kappa shape index (κ3) is 16.9. The van der Waals surface area contributed by atoms with Crippen LogP contribution in [0.4, 0.5) is 9.18 Å². The summed E-state index contributed by atoms with van der Waals surface area (Å²) in [6, 6.07) is 22.7. The number of rotatable bonds is 25. The molecule has 0 heterocycles. The van der Waals surface area contributed by atoms with Crippen LogP contribution in [0.5, 0.6) is 11.5 Å². The van der Waals surface area contributed by atoms with Gasteiger partial charge in [0, 0.05) is 18.9 Å². The maximum absolute atomic E-state index is 14.1. The Balaban J connectivity index is 1.03. The van der Waals surface area contributed by atoms with Crippen LogP contribution in [0.3, 0.4) is 0 Å². The van der Waals surface area contributed by atoms with E-state index in [9.17, 15) is 9.18 Å². The Morgan fingerprint density at radius 1 is 0.691 bits per heavy atom. The Labute approximate surface area is 338 Å². The lowest BCUT2D eigenvalue weighted by Gasteiger charge is -2.28. The summed E-state index contributed by atoms with van der Waals surface area (Å²) in [6.07, 6.45) is 22.1. The van der Waals surface area contributed by atoms with E-state index in [1.165, 1.54) is 89.9 Å². The van der Waals surface area contributed by atoms with Gasteiger partial charge in [0.25, 0.3) is 0 Å². The molecule has 3 unspecified atom stereocenters. The van der Waals surface area contributed by atoms with Gasteiger partial charge in [-0.05, 0) is 108 Å². The second-order valence-corrected chi connectivity index (χ2v) is 16.8. The van der Waals surface area contributed by atoms with Gasteiger partial charge in [-0.1, -0.05) is 159 Å². The van der Waals surface area contributed by atoms with Crippen LogP contribution in [-0.4, -0.2) is 29.9 Å². The Morgan fingerprint density at radius 2 is 1.20 bits per heavy atom. The normalized spacial score (nSPS) is 17.3. The molecule has 0 saturated heterocycles. The average molecular weight is 773 g/mol. The van der Waals surface area contributed by atoms with Crippen LogP contribution in [0.1, 0.15) is 160 Å². The highest BCUT2D eigenvalue weighted by Crippen LogP contribution is 2.31. The summed E-state index contributed by atoms with van der Waals surface area (Å²) in [6.45, 7) is 9.38. The zero-order valence-corrected chi connectivity index (χ0v) is 35.2. The first kappa shape index (κ1) is 44.6. The SMILES string of the molecule is CCC(C)CCCCCCCCCCCCOC1CCC(CC(=S)Cc2ccc(OC(=O)Oc3ccc(-c4ccc(C(C)C(F)CC)cc4)cc3)cc2)CC1. The topological polar surface area (TPSA) is 44.8 Å². The van der Waals surface area contributed by atoms with E-state index >= 15 is 0 Å². The van der Waals surface area contributed by atoms with Gasteiger partial charge >= 0.3 is 6.16 Å². The third-order valence-electron chi connectivity index (χ3n) is 11.7. The Kier molecular flexibility index (Phi) is 20.5. The molecule has 0 amide bonds. The number of unbranched alkanes of at least 4 members (excludes halogenated alkanes) is 9. The minimum Gasteiger partial charge on any atom is -0.395 e. The van der Waals surface area contributed by atoms with Gasteiger partial charge in [0.1, 0.15) is 17.7 Å². The van der Waals surface area contributed by atoms with E-state index in [0.29, 0.717) is 29.9 Å². The minimum atomic E-state index is -0.850. The quantitative estimate of drug-likeness (QED) is 0.0371. The van der Waals surface area contributed by atoms with Gasteiger partial charge in [-0.15, -0.1) is 0 Å². The molecule has 4 nitrogen and oxygen atoms in total. The first-order valence-corrected chi connectivity index (χ1v) is 22.1. The summed E-state index contributed by atoms with van der Waals surface area (Å²) in [4.78, 5) is 13.6. The van der Waals surface area contributed by atoms with Crippen molar-refractivity contribution in [3.8, 4) is 22.6 Å². The molecule has 55 heavy (non-hydrogen) atoms. The fourth-order valence-electron chi connectivity index (χ4n) is 7.73. The van der Waals surface area contributed by atoms with Gasteiger partial charge < -0.3 is 14.2 Å². The van der Waals surface area contributed by atoms with E-state index in [4.69, 9.17) is 26.4 Å². The molecule has 0 radical (unpaired) electrons. The molecule has 1 aliphatic rings. The molecule has 0 aliphatic heterocycles. The van der Waals surface area contributed by atoms with Crippen LogP contribution in [0.2, 0.25) is 0 Å². The molecule has 302 valence electrons. The second-order valence-electron chi connectivity index (χ2n) is 16.2. The molecular weight excluding hydrogens is 704 g/mol. The molecule has 6 heteroatoms. The number of halogens is 1. The van der Waals surface area contributed by atoms with Gasteiger partial charge in [0.2, 0.25) is 0 Å². The zero-order valence-electron chi connectivity index (χ0n) is 34.4. The molecule has 1 fully saturated rings. The summed E-state index contributed by atoms with van der Waals surface area (Å²) >= 11 is 5.81. The van der Waals surface area contributed by atoms with Crippen LogP contribution in [0.15, 0.2) is 72.8 Å². The van der Waals surface area contributed by atoms with E-state index in [-0.39, 0.29) is 5.92 Å². The van der Waals surface area contributed by atoms with E-state index in [2.05, 4.69) is 13.8 Å². The number of carbonyl (C=O) groups is 1. The lowest BCUT2D eigenvalue weighted by Crippen LogP contribution is -2.23. The second kappa shape index (κ2) is 25.2. The smallest absolute Gasteiger partial charge is 0.395 e. The van der Waals surface area contributed by atoms with E-state index in [1.54, 1.807) is 24.3 Å². The maximum atomic E-state index is 14.1. The number of carbonyl (C=O) groups excluding carboxylic acids is 1. The molecule has 0 N–H and O–H groups in total. The van der Waals surface area contributed by atoms with Crippen molar-refractivity contribution in [1.29, 1.82) is 0 Å². The molecule has 3 aromatic carbocycles.